The number of aromatic amines is 1. The van der Waals surface area contributed by atoms with Crippen LogP contribution in [-0.4, -0.2) is 16.7 Å². The molecule has 0 amide bonds. The average molecular weight is 490 g/mol. The Balaban J connectivity index is 1.48. The summed E-state index contributed by atoms with van der Waals surface area (Å²) < 4.78 is 7.97. The second-order valence-corrected chi connectivity index (χ2v) is 10.2. The van der Waals surface area contributed by atoms with E-state index >= 15 is 0 Å². The van der Waals surface area contributed by atoms with E-state index in [1.807, 2.05) is 47.2 Å². The van der Waals surface area contributed by atoms with Gasteiger partial charge in [0.15, 0.2) is 4.80 Å². The monoisotopic (exact) mass is 489 g/mol. The first-order chi connectivity index (χ1) is 17.7. The van der Waals surface area contributed by atoms with Gasteiger partial charge < -0.3 is 9.72 Å². The quantitative estimate of drug-likeness (QED) is 0.396. The van der Waals surface area contributed by atoms with Crippen LogP contribution in [-0.2, 0) is 6.42 Å². The first-order valence-electron chi connectivity index (χ1n) is 12.0. The zero-order valence-corrected chi connectivity index (χ0v) is 20.5. The lowest BCUT2D eigenvalue weighted by atomic mass is 9.83. The van der Waals surface area contributed by atoms with E-state index in [0.29, 0.717) is 4.53 Å². The van der Waals surface area contributed by atoms with Crippen molar-refractivity contribution in [2.45, 2.75) is 18.9 Å². The number of nitrogens with one attached hydrogen (secondary N) is 1. The maximum Gasteiger partial charge on any atom is 0.271 e. The van der Waals surface area contributed by atoms with Crippen molar-refractivity contribution in [2.24, 2.45) is 4.99 Å². The van der Waals surface area contributed by atoms with E-state index in [-0.39, 0.29) is 11.6 Å². The molecule has 1 N–H and O–H groups in total. The number of rotatable bonds is 3. The molecule has 1 aliphatic heterocycles. The highest BCUT2D eigenvalue weighted by Gasteiger charge is 2.32. The number of methoxy groups -OCH3 is 1. The van der Waals surface area contributed by atoms with Gasteiger partial charge in [0.1, 0.15) is 5.75 Å². The van der Waals surface area contributed by atoms with Crippen LogP contribution in [0.25, 0.3) is 22.7 Å². The summed E-state index contributed by atoms with van der Waals surface area (Å²) in [6.07, 6.45) is 5.77. The van der Waals surface area contributed by atoms with E-state index in [0.717, 1.165) is 51.1 Å². The van der Waals surface area contributed by atoms with Crippen LogP contribution in [0.1, 0.15) is 34.7 Å². The first kappa shape index (κ1) is 21.1. The Morgan fingerprint density at radius 3 is 2.69 bits per heavy atom. The van der Waals surface area contributed by atoms with Crippen LogP contribution in [0, 0.1) is 0 Å². The third-order valence-electron chi connectivity index (χ3n) is 7.21. The van der Waals surface area contributed by atoms with Gasteiger partial charge in [0.05, 0.1) is 23.4 Å². The number of aryl methyl sites for hydroxylation is 1. The van der Waals surface area contributed by atoms with Gasteiger partial charge in [-0.3, -0.25) is 9.36 Å². The molecule has 5 aromatic rings. The molecule has 176 valence electrons. The molecule has 0 bridgehead atoms. The highest BCUT2D eigenvalue weighted by atomic mass is 32.1. The van der Waals surface area contributed by atoms with E-state index in [9.17, 15) is 4.79 Å². The molecule has 1 aliphatic carbocycles. The lowest BCUT2D eigenvalue weighted by Crippen LogP contribution is -2.38. The Hall–Kier alpha value is -4.16. The molecule has 6 heteroatoms. The lowest BCUT2D eigenvalue weighted by molar-refractivity contribution is 0.414. The number of allylic oxidation sites excluding steroid dienone is 1. The lowest BCUT2D eigenvalue weighted by Gasteiger charge is -2.30. The maximum absolute atomic E-state index is 13.9. The van der Waals surface area contributed by atoms with Gasteiger partial charge >= 0.3 is 0 Å². The zero-order valence-electron chi connectivity index (χ0n) is 19.7. The fraction of sp³-hybridized carbons (Fsp3) is 0.133. The van der Waals surface area contributed by atoms with Gasteiger partial charge in [0.25, 0.3) is 5.56 Å². The molecule has 3 heterocycles. The summed E-state index contributed by atoms with van der Waals surface area (Å²) in [5.74, 6) is 0.800. The number of benzene rings is 3. The minimum absolute atomic E-state index is 0.00439. The standard InChI is InChI=1S/C30H23N3O2S/c1-35-21-13-10-19(11-14-21)28-24-15-12-18-6-2-3-8-23(18)27(24)32-30-33(28)29(34)26(36-30)16-20-17-31-25-9-5-4-7-22(20)25/h2-11,13-14,16-17,28,31H,12,15H2,1H3/b26-16-/t28-/m1/s1. The molecule has 3 aromatic carbocycles. The summed E-state index contributed by atoms with van der Waals surface area (Å²) in [5.41, 5.74) is 7.82. The van der Waals surface area contributed by atoms with Gasteiger partial charge in [-0.15, -0.1) is 0 Å². The first-order valence-corrected chi connectivity index (χ1v) is 12.9. The van der Waals surface area contributed by atoms with Gasteiger partial charge in [-0.25, -0.2) is 4.99 Å². The molecular formula is C30H23N3O2S. The molecular weight excluding hydrogens is 466 g/mol. The molecule has 1 atom stereocenters. The smallest absolute Gasteiger partial charge is 0.271 e. The van der Waals surface area contributed by atoms with Crippen molar-refractivity contribution >= 4 is 34.0 Å². The van der Waals surface area contributed by atoms with E-state index in [1.54, 1.807) is 7.11 Å². The van der Waals surface area contributed by atoms with Crippen LogP contribution >= 0.6 is 11.3 Å². The van der Waals surface area contributed by atoms with Gasteiger partial charge in [-0.1, -0.05) is 65.9 Å². The highest BCUT2D eigenvalue weighted by molar-refractivity contribution is 7.07. The molecule has 0 saturated carbocycles. The van der Waals surface area contributed by atoms with Crippen LogP contribution < -0.4 is 19.6 Å². The Bertz CT molecular complexity index is 1850. The molecule has 0 unspecified atom stereocenters. The average Bonchev–Trinajstić information content (AvgIpc) is 3.48. The molecule has 0 fully saturated rings. The molecule has 36 heavy (non-hydrogen) atoms. The van der Waals surface area contributed by atoms with Crippen molar-refractivity contribution in [2.75, 3.05) is 7.11 Å². The summed E-state index contributed by atoms with van der Waals surface area (Å²) in [7, 11) is 1.67. The van der Waals surface area contributed by atoms with Crippen molar-refractivity contribution in [3.63, 3.8) is 0 Å². The topological polar surface area (TPSA) is 59.4 Å². The van der Waals surface area contributed by atoms with Crippen LogP contribution in [0.2, 0.25) is 0 Å². The Labute approximate surface area is 211 Å². The predicted octanol–water partition coefficient (Wildman–Crippen LogP) is 4.81. The number of fused-ring (bicyclic) bond motifs is 4. The Kier molecular flexibility index (Phi) is 4.82. The number of thiazole rings is 1. The SMILES string of the molecule is COc1ccc([C@@H]2C3=C(N=c4s/c(=C\c5c[nH]c6ccccc56)c(=O)n42)c2ccccc2CC3)cc1. The molecule has 5 nitrogen and oxygen atoms in total. The number of hydrogen-bond donors (Lipinski definition) is 1. The number of para-hydroxylation sites is 1. The van der Waals surface area contributed by atoms with Crippen molar-refractivity contribution in [3.8, 4) is 5.75 Å². The third-order valence-corrected chi connectivity index (χ3v) is 8.20. The normalized spacial score (nSPS) is 16.9. The van der Waals surface area contributed by atoms with E-state index < -0.39 is 0 Å². The number of nitrogens with zero attached hydrogens (tertiary/aromatic N) is 2. The van der Waals surface area contributed by atoms with E-state index in [1.165, 1.54) is 28.0 Å². The Morgan fingerprint density at radius 1 is 1.03 bits per heavy atom. The zero-order chi connectivity index (χ0) is 24.2. The largest absolute Gasteiger partial charge is 0.497 e. The summed E-state index contributed by atoms with van der Waals surface area (Å²) in [6, 6.07) is 24.5. The van der Waals surface area contributed by atoms with Gasteiger partial charge in [0, 0.05) is 28.2 Å². The third kappa shape index (κ3) is 3.22. The summed E-state index contributed by atoms with van der Waals surface area (Å²) in [4.78, 5) is 23.1. The number of H-pyrrole nitrogens is 1. The molecule has 7 rings (SSSR count). The molecule has 0 radical (unpaired) electrons. The fourth-order valence-corrected chi connectivity index (χ4v) is 6.46. The van der Waals surface area contributed by atoms with Crippen molar-refractivity contribution < 1.29 is 4.74 Å². The van der Waals surface area contributed by atoms with E-state index in [2.05, 4.69) is 47.4 Å². The second-order valence-electron chi connectivity index (χ2n) is 9.18. The Morgan fingerprint density at radius 2 is 1.83 bits per heavy atom. The second kappa shape index (κ2) is 8.21. The summed E-state index contributed by atoms with van der Waals surface area (Å²) in [6.45, 7) is 0. The predicted molar refractivity (Wildman–Crippen MR) is 144 cm³/mol. The minimum Gasteiger partial charge on any atom is -0.497 e. The number of aromatic nitrogens is 2. The van der Waals surface area contributed by atoms with Crippen molar-refractivity contribution in [3.05, 3.63) is 127 Å². The summed E-state index contributed by atoms with van der Waals surface area (Å²) >= 11 is 1.46. The highest BCUT2D eigenvalue weighted by Crippen LogP contribution is 2.41. The molecule has 2 aliphatic rings. The number of hydrogen-bond acceptors (Lipinski definition) is 4. The van der Waals surface area contributed by atoms with Crippen LogP contribution in [0.15, 0.2) is 94.4 Å². The summed E-state index contributed by atoms with van der Waals surface area (Å²) in [5, 5.41) is 1.10. The van der Waals surface area contributed by atoms with Crippen LogP contribution in [0.5, 0.6) is 5.75 Å². The van der Waals surface area contributed by atoms with Gasteiger partial charge in [-0.2, -0.15) is 0 Å². The van der Waals surface area contributed by atoms with Gasteiger partial charge in [-0.05, 0) is 53.8 Å². The van der Waals surface area contributed by atoms with Crippen molar-refractivity contribution in [1.82, 2.24) is 9.55 Å². The molecule has 0 saturated heterocycles. The maximum atomic E-state index is 13.9. The molecule has 2 aromatic heterocycles. The van der Waals surface area contributed by atoms with E-state index in [4.69, 9.17) is 9.73 Å². The number of ether oxygens (including phenoxy) is 1. The van der Waals surface area contributed by atoms with Crippen LogP contribution in [0.3, 0.4) is 0 Å². The van der Waals surface area contributed by atoms with Gasteiger partial charge in [0.2, 0.25) is 0 Å². The molecule has 0 spiro atoms. The minimum atomic E-state index is -0.194. The van der Waals surface area contributed by atoms with Crippen LogP contribution in [0.4, 0.5) is 0 Å². The fourth-order valence-electron chi connectivity index (χ4n) is 5.46. The van der Waals surface area contributed by atoms with Crippen molar-refractivity contribution in [1.29, 1.82) is 0 Å².